The number of nitrogens with zero attached hydrogens (tertiary/aromatic N) is 3. The topological polar surface area (TPSA) is 69.0 Å². The Bertz CT molecular complexity index is 829. The number of nitrogens with one attached hydrogen (secondary N) is 1. The second-order valence-electron chi connectivity index (χ2n) is 5.88. The SMILES string of the molecule is C=CCOC(=O)C1=C(C)Nc2nc(SCCC)nn2C1c1ccccc1. The van der Waals surface area contributed by atoms with Gasteiger partial charge < -0.3 is 10.1 Å². The molecule has 0 saturated carbocycles. The van der Waals surface area contributed by atoms with E-state index in [1.165, 1.54) is 0 Å². The maximum absolute atomic E-state index is 12.7. The Labute approximate surface area is 157 Å². The van der Waals surface area contributed by atoms with Crippen molar-refractivity contribution < 1.29 is 9.53 Å². The third-order valence-corrected chi connectivity index (χ3v) is 4.98. The van der Waals surface area contributed by atoms with Gasteiger partial charge >= 0.3 is 5.97 Å². The summed E-state index contributed by atoms with van der Waals surface area (Å²) in [4.78, 5) is 17.3. The number of benzene rings is 1. The predicted octanol–water partition coefficient (Wildman–Crippen LogP) is 3.80. The van der Waals surface area contributed by atoms with Crippen molar-refractivity contribution >= 4 is 23.7 Å². The highest BCUT2D eigenvalue weighted by atomic mass is 32.2. The first-order valence-corrected chi connectivity index (χ1v) is 9.54. The number of thioether (sulfide) groups is 1. The predicted molar refractivity (Wildman–Crippen MR) is 103 cm³/mol. The van der Waals surface area contributed by atoms with Crippen LogP contribution in [0.2, 0.25) is 0 Å². The van der Waals surface area contributed by atoms with E-state index in [1.807, 2.05) is 37.3 Å². The quantitative estimate of drug-likeness (QED) is 0.454. The molecule has 0 radical (unpaired) electrons. The highest BCUT2D eigenvalue weighted by Crippen LogP contribution is 2.36. The lowest BCUT2D eigenvalue weighted by atomic mass is 9.96. The minimum absolute atomic E-state index is 0.166. The summed E-state index contributed by atoms with van der Waals surface area (Å²) in [7, 11) is 0. The molecule has 1 aromatic heterocycles. The van der Waals surface area contributed by atoms with Crippen molar-refractivity contribution in [2.24, 2.45) is 0 Å². The number of esters is 1. The van der Waals surface area contributed by atoms with Gasteiger partial charge in [0.25, 0.3) is 0 Å². The Morgan fingerprint density at radius 1 is 1.42 bits per heavy atom. The molecule has 1 unspecified atom stereocenters. The van der Waals surface area contributed by atoms with E-state index in [4.69, 9.17) is 4.74 Å². The summed E-state index contributed by atoms with van der Waals surface area (Å²) in [5.41, 5.74) is 2.21. The van der Waals surface area contributed by atoms with Gasteiger partial charge in [0.15, 0.2) is 0 Å². The van der Waals surface area contributed by atoms with Gasteiger partial charge in [0.2, 0.25) is 11.1 Å². The number of carbonyl (C=O) groups is 1. The zero-order valence-electron chi connectivity index (χ0n) is 14.9. The maximum Gasteiger partial charge on any atom is 0.338 e. The average molecular weight is 370 g/mol. The molecule has 1 aliphatic heterocycles. The standard InChI is InChI=1S/C19H22N4O2S/c1-4-11-25-17(24)15-13(3)20-18-21-19(26-12-5-2)22-23(18)16(15)14-9-7-6-8-10-14/h4,6-10,16H,1,5,11-12H2,2-3H3,(H,20,21,22). The lowest BCUT2D eigenvalue weighted by Crippen LogP contribution is -2.29. The first-order chi connectivity index (χ1) is 12.7. The summed E-state index contributed by atoms with van der Waals surface area (Å²) < 4.78 is 7.09. The van der Waals surface area contributed by atoms with Crippen LogP contribution >= 0.6 is 11.8 Å². The van der Waals surface area contributed by atoms with Crippen molar-refractivity contribution in [3.63, 3.8) is 0 Å². The van der Waals surface area contributed by atoms with E-state index in [2.05, 4.69) is 28.9 Å². The molecule has 1 aromatic carbocycles. The Hall–Kier alpha value is -2.54. The van der Waals surface area contributed by atoms with Crippen molar-refractivity contribution in [1.82, 2.24) is 14.8 Å². The molecule has 136 valence electrons. The number of hydrogen-bond donors (Lipinski definition) is 1. The summed E-state index contributed by atoms with van der Waals surface area (Å²) in [6.07, 6.45) is 2.60. The van der Waals surface area contributed by atoms with Crippen LogP contribution in [-0.4, -0.2) is 33.1 Å². The molecular weight excluding hydrogens is 348 g/mol. The van der Waals surface area contributed by atoms with Crippen molar-refractivity contribution in [2.45, 2.75) is 31.5 Å². The summed E-state index contributed by atoms with van der Waals surface area (Å²) in [5, 5.41) is 8.53. The van der Waals surface area contributed by atoms with E-state index in [9.17, 15) is 4.79 Å². The second kappa shape index (κ2) is 8.23. The maximum atomic E-state index is 12.7. The van der Waals surface area contributed by atoms with Crippen LogP contribution in [0.4, 0.5) is 5.95 Å². The van der Waals surface area contributed by atoms with Gasteiger partial charge in [0.1, 0.15) is 12.6 Å². The molecule has 1 atom stereocenters. The van der Waals surface area contributed by atoms with Crippen LogP contribution in [-0.2, 0) is 9.53 Å². The van der Waals surface area contributed by atoms with Gasteiger partial charge in [-0.15, -0.1) is 5.10 Å². The molecule has 1 N–H and O–H groups in total. The van der Waals surface area contributed by atoms with Gasteiger partial charge in [-0.05, 0) is 18.9 Å². The molecule has 0 fully saturated rings. The number of fused-ring (bicyclic) bond motifs is 1. The summed E-state index contributed by atoms with van der Waals surface area (Å²) in [5.74, 6) is 1.20. The minimum Gasteiger partial charge on any atom is -0.458 e. The molecule has 26 heavy (non-hydrogen) atoms. The number of rotatable bonds is 7. The summed E-state index contributed by atoms with van der Waals surface area (Å²) in [6, 6.07) is 9.42. The van der Waals surface area contributed by atoms with Gasteiger partial charge in [0, 0.05) is 11.4 Å². The molecule has 0 saturated heterocycles. The fourth-order valence-corrected chi connectivity index (χ4v) is 3.49. The zero-order valence-corrected chi connectivity index (χ0v) is 15.8. The fraction of sp³-hybridized carbons (Fsp3) is 0.316. The number of anilines is 1. The fourth-order valence-electron chi connectivity index (χ4n) is 2.81. The van der Waals surface area contributed by atoms with Gasteiger partial charge in [-0.2, -0.15) is 4.98 Å². The number of aromatic nitrogens is 3. The third-order valence-electron chi connectivity index (χ3n) is 3.94. The Morgan fingerprint density at radius 2 is 2.19 bits per heavy atom. The number of hydrogen-bond acceptors (Lipinski definition) is 6. The number of ether oxygens (including phenoxy) is 1. The smallest absolute Gasteiger partial charge is 0.338 e. The van der Waals surface area contributed by atoms with E-state index in [0.717, 1.165) is 23.4 Å². The first kappa shape index (κ1) is 18.3. The van der Waals surface area contributed by atoms with Crippen LogP contribution in [0.5, 0.6) is 0 Å². The van der Waals surface area contributed by atoms with E-state index in [1.54, 1.807) is 22.5 Å². The number of allylic oxidation sites excluding steroid dienone is 1. The minimum atomic E-state index is -0.382. The first-order valence-electron chi connectivity index (χ1n) is 8.55. The second-order valence-corrected chi connectivity index (χ2v) is 6.94. The van der Waals surface area contributed by atoms with E-state index in [-0.39, 0.29) is 18.6 Å². The Balaban J connectivity index is 2.04. The van der Waals surface area contributed by atoms with E-state index in [0.29, 0.717) is 16.7 Å². The van der Waals surface area contributed by atoms with Crippen LogP contribution < -0.4 is 5.32 Å². The van der Waals surface area contributed by atoms with Gasteiger partial charge in [-0.1, -0.05) is 61.7 Å². The van der Waals surface area contributed by atoms with Crippen molar-refractivity contribution in [3.8, 4) is 0 Å². The van der Waals surface area contributed by atoms with Crippen LogP contribution in [0.1, 0.15) is 31.9 Å². The van der Waals surface area contributed by atoms with Crippen LogP contribution in [0, 0.1) is 0 Å². The monoisotopic (exact) mass is 370 g/mol. The molecule has 0 aliphatic carbocycles. The summed E-state index contributed by atoms with van der Waals surface area (Å²) >= 11 is 1.60. The molecule has 1 aliphatic rings. The third kappa shape index (κ3) is 3.67. The normalized spacial score (nSPS) is 16.0. The van der Waals surface area contributed by atoms with Crippen molar-refractivity contribution in [1.29, 1.82) is 0 Å². The van der Waals surface area contributed by atoms with Crippen molar-refractivity contribution in [2.75, 3.05) is 17.7 Å². The average Bonchev–Trinajstić information content (AvgIpc) is 3.06. The molecule has 3 rings (SSSR count). The molecule has 2 aromatic rings. The lowest BCUT2D eigenvalue weighted by molar-refractivity contribution is -0.138. The Morgan fingerprint density at radius 3 is 2.88 bits per heavy atom. The van der Waals surface area contributed by atoms with E-state index >= 15 is 0 Å². The summed E-state index contributed by atoms with van der Waals surface area (Å²) in [6.45, 7) is 7.75. The van der Waals surface area contributed by atoms with Crippen LogP contribution in [0.3, 0.4) is 0 Å². The lowest BCUT2D eigenvalue weighted by Gasteiger charge is -2.28. The molecule has 0 amide bonds. The van der Waals surface area contributed by atoms with Gasteiger partial charge in [-0.3, -0.25) is 0 Å². The number of carbonyl (C=O) groups excluding carboxylic acids is 1. The molecule has 2 heterocycles. The largest absolute Gasteiger partial charge is 0.458 e. The van der Waals surface area contributed by atoms with Crippen molar-refractivity contribution in [3.05, 3.63) is 59.8 Å². The van der Waals surface area contributed by atoms with Crippen LogP contribution in [0.25, 0.3) is 0 Å². The molecule has 0 bridgehead atoms. The molecule has 7 heteroatoms. The molecule has 6 nitrogen and oxygen atoms in total. The van der Waals surface area contributed by atoms with Gasteiger partial charge in [-0.25, -0.2) is 9.48 Å². The molecule has 0 spiro atoms. The highest BCUT2D eigenvalue weighted by molar-refractivity contribution is 7.99. The Kier molecular flexibility index (Phi) is 5.78. The van der Waals surface area contributed by atoms with E-state index < -0.39 is 0 Å². The molecular formula is C19H22N4O2S. The zero-order chi connectivity index (χ0) is 18.5. The van der Waals surface area contributed by atoms with Crippen LogP contribution in [0.15, 0.2) is 59.4 Å². The highest BCUT2D eigenvalue weighted by Gasteiger charge is 2.35. The van der Waals surface area contributed by atoms with Gasteiger partial charge in [0.05, 0.1) is 5.57 Å².